The Morgan fingerprint density at radius 3 is 1.55 bits per heavy atom. The van der Waals surface area contributed by atoms with Crippen molar-refractivity contribution in [3.8, 4) is 0 Å². The molecular weight excluding hydrogens is 272 g/mol. The molecule has 1 fully saturated rings. The van der Waals surface area contributed by atoms with Gasteiger partial charge in [-0.15, -0.1) is 13.2 Å². The third kappa shape index (κ3) is 7.67. The Bertz CT molecular complexity index is 297. The third-order valence-corrected chi connectivity index (χ3v) is 4.35. The summed E-state index contributed by atoms with van der Waals surface area (Å²) in [5.41, 5.74) is 0. The molecule has 0 radical (unpaired) electrons. The maximum atomic E-state index is 12.3. The minimum Gasteiger partial charge on any atom is -0.323 e. The second kappa shape index (κ2) is 12.3. The van der Waals surface area contributed by atoms with Crippen LogP contribution in [0.5, 0.6) is 0 Å². The van der Waals surface area contributed by atoms with Crippen LogP contribution in [0.3, 0.4) is 0 Å². The van der Waals surface area contributed by atoms with Crippen LogP contribution in [0.1, 0.15) is 64.2 Å². The monoisotopic (exact) mass is 306 g/mol. The molecule has 0 N–H and O–H groups in total. The molecule has 1 aliphatic rings. The number of unbranched alkanes of at least 4 members (excludes halogenated alkanes) is 8. The normalized spacial score (nSPS) is 14.6. The van der Waals surface area contributed by atoms with Gasteiger partial charge in [-0.2, -0.15) is 0 Å². The van der Waals surface area contributed by atoms with Gasteiger partial charge in [0.15, 0.2) is 0 Å². The van der Waals surface area contributed by atoms with Crippen molar-refractivity contribution < 1.29 is 4.79 Å². The maximum absolute atomic E-state index is 12.3. The molecule has 0 aliphatic carbocycles. The largest absolute Gasteiger partial charge is 0.323 e. The van der Waals surface area contributed by atoms with Crippen LogP contribution in [-0.2, 0) is 0 Å². The molecule has 3 heteroatoms. The Labute approximate surface area is 137 Å². The van der Waals surface area contributed by atoms with E-state index in [-0.39, 0.29) is 6.03 Å². The predicted molar refractivity (Wildman–Crippen MR) is 95.1 cm³/mol. The van der Waals surface area contributed by atoms with Crippen molar-refractivity contribution in [2.45, 2.75) is 64.2 Å². The molecule has 1 rings (SSSR count). The number of hydrogen-bond acceptors (Lipinski definition) is 1. The van der Waals surface area contributed by atoms with Gasteiger partial charge in [0.25, 0.3) is 0 Å². The van der Waals surface area contributed by atoms with E-state index < -0.39 is 0 Å². The summed E-state index contributed by atoms with van der Waals surface area (Å²) in [6, 6.07) is 0.261. The van der Waals surface area contributed by atoms with Crippen LogP contribution >= 0.6 is 0 Å². The summed E-state index contributed by atoms with van der Waals surface area (Å²) in [6.45, 7) is 11.2. The Balaban J connectivity index is 2.04. The van der Waals surface area contributed by atoms with E-state index in [4.69, 9.17) is 0 Å². The van der Waals surface area contributed by atoms with Crippen molar-refractivity contribution in [1.82, 2.24) is 9.80 Å². The molecule has 1 saturated heterocycles. The van der Waals surface area contributed by atoms with E-state index in [1.54, 1.807) is 0 Å². The van der Waals surface area contributed by atoms with Gasteiger partial charge in [0.2, 0.25) is 0 Å². The fraction of sp³-hybridized carbons (Fsp3) is 0.737. The lowest BCUT2D eigenvalue weighted by Gasteiger charge is -2.18. The van der Waals surface area contributed by atoms with Gasteiger partial charge in [0, 0.05) is 26.2 Å². The number of rotatable bonds is 14. The molecule has 0 bridgehead atoms. The first kappa shape index (κ1) is 18.8. The van der Waals surface area contributed by atoms with Gasteiger partial charge in [0.1, 0.15) is 0 Å². The molecule has 126 valence electrons. The number of allylic oxidation sites excluding steroid dienone is 2. The Morgan fingerprint density at radius 2 is 1.14 bits per heavy atom. The summed E-state index contributed by atoms with van der Waals surface area (Å²) < 4.78 is 0. The first-order chi connectivity index (χ1) is 10.8. The number of amides is 2. The van der Waals surface area contributed by atoms with Crippen molar-refractivity contribution in [1.29, 1.82) is 0 Å². The van der Waals surface area contributed by atoms with Crippen molar-refractivity contribution >= 4 is 6.03 Å². The summed E-state index contributed by atoms with van der Waals surface area (Å²) in [7, 11) is 0. The average Bonchev–Trinajstić information content (AvgIpc) is 2.87. The minimum atomic E-state index is 0.261. The second-order valence-electron chi connectivity index (χ2n) is 6.24. The fourth-order valence-corrected chi connectivity index (χ4v) is 2.94. The van der Waals surface area contributed by atoms with E-state index >= 15 is 0 Å². The van der Waals surface area contributed by atoms with Crippen molar-refractivity contribution in [2.24, 2.45) is 0 Å². The molecule has 0 aromatic carbocycles. The number of carbonyl (C=O) groups is 1. The quantitative estimate of drug-likeness (QED) is 0.327. The zero-order valence-electron chi connectivity index (χ0n) is 14.3. The van der Waals surface area contributed by atoms with E-state index in [1.807, 2.05) is 22.0 Å². The molecule has 22 heavy (non-hydrogen) atoms. The lowest BCUT2D eigenvalue weighted by atomic mass is 10.1. The summed E-state index contributed by atoms with van der Waals surface area (Å²) in [6.07, 6.45) is 15.9. The number of urea groups is 1. The van der Waals surface area contributed by atoms with Crippen LogP contribution in [0, 0.1) is 0 Å². The third-order valence-electron chi connectivity index (χ3n) is 4.35. The molecule has 2 amide bonds. The molecule has 0 atom stereocenters. The topological polar surface area (TPSA) is 23.6 Å². The highest BCUT2D eigenvalue weighted by atomic mass is 16.2. The van der Waals surface area contributed by atoms with Crippen LogP contribution in [0.25, 0.3) is 0 Å². The second-order valence-corrected chi connectivity index (χ2v) is 6.24. The highest BCUT2D eigenvalue weighted by molar-refractivity contribution is 5.76. The van der Waals surface area contributed by atoms with E-state index in [2.05, 4.69) is 13.2 Å². The molecule has 0 aromatic rings. The fourth-order valence-electron chi connectivity index (χ4n) is 2.94. The standard InChI is InChI=1S/C19H34N2O/c1-3-5-7-9-11-13-15-20-17-18-21(19(20)22)16-14-12-10-8-6-4-2/h3-4H,1-2,5-18H2. The van der Waals surface area contributed by atoms with Crippen LogP contribution in [0.2, 0.25) is 0 Å². The highest BCUT2D eigenvalue weighted by Gasteiger charge is 2.26. The van der Waals surface area contributed by atoms with Gasteiger partial charge in [-0.25, -0.2) is 4.79 Å². The lowest BCUT2D eigenvalue weighted by molar-refractivity contribution is 0.190. The SMILES string of the molecule is C=CCCCCCCN1CCN(CCCCCCC=C)C1=O. The molecule has 0 aromatic heterocycles. The zero-order valence-corrected chi connectivity index (χ0v) is 14.3. The van der Waals surface area contributed by atoms with Crippen LogP contribution in [-0.4, -0.2) is 42.0 Å². The molecule has 0 spiro atoms. The maximum Gasteiger partial charge on any atom is 0.320 e. The first-order valence-corrected chi connectivity index (χ1v) is 9.05. The van der Waals surface area contributed by atoms with E-state index in [1.165, 1.54) is 38.5 Å². The van der Waals surface area contributed by atoms with Gasteiger partial charge in [-0.3, -0.25) is 0 Å². The molecule has 1 aliphatic heterocycles. The average molecular weight is 306 g/mol. The summed E-state index contributed by atoms with van der Waals surface area (Å²) in [5, 5.41) is 0. The Kier molecular flexibility index (Phi) is 10.5. The molecule has 1 heterocycles. The van der Waals surface area contributed by atoms with Crippen LogP contribution in [0.15, 0.2) is 25.3 Å². The molecular formula is C19H34N2O. The molecule has 0 unspecified atom stereocenters. The van der Waals surface area contributed by atoms with Crippen LogP contribution < -0.4 is 0 Å². The number of hydrogen-bond donors (Lipinski definition) is 0. The van der Waals surface area contributed by atoms with Gasteiger partial charge < -0.3 is 9.80 Å². The van der Waals surface area contributed by atoms with Gasteiger partial charge in [0.05, 0.1) is 0 Å². The molecule has 0 saturated carbocycles. The van der Waals surface area contributed by atoms with E-state index in [0.29, 0.717) is 0 Å². The lowest BCUT2D eigenvalue weighted by Crippen LogP contribution is -2.33. The summed E-state index contributed by atoms with van der Waals surface area (Å²) >= 11 is 0. The van der Waals surface area contributed by atoms with Gasteiger partial charge in [-0.05, 0) is 38.5 Å². The predicted octanol–water partition coefficient (Wildman–Crippen LogP) is 5.00. The molecule has 3 nitrogen and oxygen atoms in total. The Morgan fingerprint density at radius 1 is 0.727 bits per heavy atom. The number of nitrogens with zero attached hydrogens (tertiary/aromatic N) is 2. The van der Waals surface area contributed by atoms with E-state index in [0.717, 1.165) is 51.9 Å². The number of carbonyl (C=O) groups excluding carboxylic acids is 1. The van der Waals surface area contributed by atoms with Crippen molar-refractivity contribution in [3.63, 3.8) is 0 Å². The Hall–Kier alpha value is -1.25. The first-order valence-electron chi connectivity index (χ1n) is 9.05. The minimum absolute atomic E-state index is 0.261. The van der Waals surface area contributed by atoms with Gasteiger partial charge >= 0.3 is 6.03 Å². The highest BCUT2D eigenvalue weighted by Crippen LogP contribution is 2.13. The van der Waals surface area contributed by atoms with Crippen molar-refractivity contribution in [3.05, 3.63) is 25.3 Å². The zero-order chi connectivity index (χ0) is 16.0. The van der Waals surface area contributed by atoms with E-state index in [9.17, 15) is 4.79 Å². The summed E-state index contributed by atoms with van der Waals surface area (Å²) in [5.74, 6) is 0. The van der Waals surface area contributed by atoms with Crippen LogP contribution in [0.4, 0.5) is 4.79 Å². The smallest absolute Gasteiger partial charge is 0.320 e. The summed E-state index contributed by atoms with van der Waals surface area (Å²) in [4.78, 5) is 16.3. The van der Waals surface area contributed by atoms with Gasteiger partial charge in [-0.1, -0.05) is 37.8 Å². The van der Waals surface area contributed by atoms with Crippen molar-refractivity contribution in [2.75, 3.05) is 26.2 Å².